The summed E-state index contributed by atoms with van der Waals surface area (Å²) in [6, 6.07) is -0.116. The molecule has 0 aliphatic heterocycles. The minimum atomic E-state index is -0.503. The Morgan fingerprint density at radius 3 is 2.39 bits per heavy atom. The van der Waals surface area contributed by atoms with Crippen LogP contribution in [-0.2, 0) is 4.74 Å². The zero-order valence-corrected chi connectivity index (χ0v) is 19.6. The molecule has 0 radical (unpaired) electrons. The average Bonchev–Trinajstić information content (AvgIpc) is 2.94. The van der Waals surface area contributed by atoms with Crippen molar-refractivity contribution in [2.75, 3.05) is 11.9 Å². The van der Waals surface area contributed by atoms with Crippen LogP contribution in [0.4, 0.5) is 10.6 Å². The monoisotopic (exact) mass is 396 g/mol. The summed E-state index contributed by atoms with van der Waals surface area (Å²) in [5, 5.41) is 5.84. The second-order valence-corrected chi connectivity index (χ2v) is 7.25. The van der Waals surface area contributed by atoms with Crippen molar-refractivity contribution in [2.24, 2.45) is 4.99 Å². The van der Waals surface area contributed by atoms with E-state index in [4.69, 9.17) is 4.74 Å². The fourth-order valence-electron chi connectivity index (χ4n) is 2.11. The predicted octanol–water partition coefficient (Wildman–Crippen LogP) is 6.29. The van der Waals surface area contributed by atoms with E-state index in [-0.39, 0.29) is 7.47 Å². The first-order valence-corrected chi connectivity index (χ1v) is 10.1. The molecule has 1 heterocycles. The van der Waals surface area contributed by atoms with Gasteiger partial charge in [-0.2, -0.15) is 0 Å². The number of ether oxygens (including phenoxy) is 1. The number of rotatable bonds is 6. The second kappa shape index (κ2) is 14.8. The van der Waals surface area contributed by atoms with Gasteiger partial charge >= 0.3 is 6.09 Å². The minimum Gasteiger partial charge on any atom is -0.444 e. The molecule has 0 saturated heterocycles. The van der Waals surface area contributed by atoms with Gasteiger partial charge in [-0.25, -0.2) is 4.79 Å². The van der Waals surface area contributed by atoms with E-state index < -0.39 is 11.7 Å². The van der Waals surface area contributed by atoms with Crippen molar-refractivity contribution in [3.8, 4) is 0 Å². The Balaban J connectivity index is -0.00000103. The van der Waals surface area contributed by atoms with Crippen molar-refractivity contribution in [3.05, 3.63) is 30.1 Å². The number of hydrogen-bond donors (Lipinski definition) is 3. The zero-order chi connectivity index (χ0) is 22.3. The molecule has 0 saturated carbocycles. The molecule has 1 atom stereocenters. The summed E-state index contributed by atoms with van der Waals surface area (Å²) in [4.78, 5) is 19.4. The number of aryl methyl sites for hydroxylation is 1. The number of carbonyl (C=O) groups excluding carboxylic acids is 1. The SMILES string of the molecule is C=CNc1[nH]cc(C)c1C(C)=NC[C@@H](C)NC(=O)OC(C)(C)C.CC.CCC.[HH]. The highest BCUT2D eigenvalue weighted by Crippen LogP contribution is 2.19. The number of carbonyl (C=O) groups is 1. The molecule has 0 unspecified atom stereocenters. The van der Waals surface area contributed by atoms with Crippen LogP contribution in [0, 0.1) is 6.92 Å². The van der Waals surface area contributed by atoms with E-state index in [0.29, 0.717) is 6.54 Å². The van der Waals surface area contributed by atoms with Gasteiger partial charge in [-0.1, -0.05) is 40.7 Å². The molecule has 164 valence electrons. The highest BCUT2D eigenvalue weighted by molar-refractivity contribution is 6.04. The van der Waals surface area contributed by atoms with Crippen LogP contribution in [0.3, 0.4) is 0 Å². The molecular formula is C22H44N4O2. The number of nitrogens with one attached hydrogen (secondary N) is 3. The lowest BCUT2D eigenvalue weighted by atomic mass is 10.1. The fourth-order valence-corrected chi connectivity index (χ4v) is 2.11. The topological polar surface area (TPSA) is 78.5 Å². The average molecular weight is 397 g/mol. The predicted molar refractivity (Wildman–Crippen MR) is 125 cm³/mol. The third kappa shape index (κ3) is 12.2. The Morgan fingerprint density at radius 2 is 1.93 bits per heavy atom. The number of amides is 1. The maximum absolute atomic E-state index is 11.7. The molecule has 6 heteroatoms. The summed E-state index contributed by atoms with van der Waals surface area (Å²) in [6.07, 6.45) is 4.36. The number of H-pyrrole nitrogens is 1. The number of nitrogens with zero attached hydrogens (tertiary/aromatic N) is 1. The molecule has 6 nitrogen and oxygen atoms in total. The lowest BCUT2D eigenvalue weighted by Crippen LogP contribution is -2.39. The lowest BCUT2D eigenvalue weighted by Gasteiger charge is -2.21. The first-order valence-electron chi connectivity index (χ1n) is 10.1. The van der Waals surface area contributed by atoms with Crippen LogP contribution in [0.15, 0.2) is 24.0 Å². The number of anilines is 1. The standard InChI is InChI=1S/C17H28N4O2.C3H8.C2H6.H2/c1-8-18-15-14(11(2)9-20-15)13(4)19-10-12(3)21-16(22)23-17(5,6)7;1-3-2;1-2;/h8-9,12,18,20H,1,10H2,2-7H3,(H,21,22);3H2,1-2H3;1-2H3;1H/t12-;;;/m1.../s1. The molecule has 1 aromatic rings. The fraction of sp³-hybridized carbons (Fsp3) is 0.636. The Hall–Kier alpha value is -2.24. The Kier molecular flexibility index (Phi) is 14.8. The Bertz CT molecular complexity index is 604. The highest BCUT2D eigenvalue weighted by Gasteiger charge is 2.17. The minimum absolute atomic E-state index is 0. The van der Waals surface area contributed by atoms with Crippen LogP contribution >= 0.6 is 0 Å². The first kappa shape index (κ1) is 28.0. The molecule has 0 bridgehead atoms. The quantitative estimate of drug-likeness (QED) is 0.494. The van der Waals surface area contributed by atoms with Crippen LogP contribution in [0.2, 0.25) is 0 Å². The molecule has 0 spiro atoms. The lowest BCUT2D eigenvalue weighted by molar-refractivity contribution is 0.0510. The van der Waals surface area contributed by atoms with Gasteiger partial charge in [0, 0.05) is 24.9 Å². The number of aromatic nitrogens is 1. The van der Waals surface area contributed by atoms with Gasteiger partial charge in [-0.15, -0.1) is 0 Å². The zero-order valence-electron chi connectivity index (χ0n) is 19.6. The first-order chi connectivity index (χ1) is 13.1. The third-order valence-corrected chi connectivity index (χ3v) is 3.05. The summed E-state index contributed by atoms with van der Waals surface area (Å²) in [5.74, 6) is 0.867. The van der Waals surface area contributed by atoms with Gasteiger partial charge in [-0.3, -0.25) is 4.99 Å². The van der Waals surface area contributed by atoms with Gasteiger partial charge in [0.15, 0.2) is 0 Å². The number of hydrogen-bond acceptors (Lipinski definition) is 4. The largest absolute Gasteiger partial charge is 0.444 e. The summed E-state index contributed by atoms with van der Waals surface area (Å²) in [5.41, 5.74) is 2.51. The normalized spacial score (nSPS) is 11.9. The van der Waals surface area contributed by atoms with Crippen molar-refractivity contribution in [1.82, 2.24) is 10.3 Å². The van der Waals surface area contributed by atoms with Gasteiger partial charge in [0.1, 0.15) is 11.4 Å². The van der Waals surface area contributed by atoms with Crippen LogP contribution in [0.5, 0.6) is 0 Å². The second-order valence-electron chi connectivity index (χ2n) is 7.25. The van der Waals surface area contributed by atoms with Crippen molar-refractivity contribution < 1.29 is 11.0 Å². The van der Waals surface area contributed by atoms with E-state index in [2.05, 4.69) is 41.0 Å². The van der Waals surface area contributed by atoms with E-state index in [1.165, 1.54) is 6.42 Å². The molecule has 28 heavy (non-hydrogen) atoms. The van der Waals surface area contributed by atoms with Gasteiger partial charge in [-0.05, 0) is 53.3 Å². The highest BCUT2D eigenvalue weighted by atomic mass is 16.6. The van der Waals surface area contributed by atoms with E-state index in [1.807, 2.05) is 61.6 Å². The van der Waals surface area contributed by atoms with E-state index >= 15 is 0 Å². The molecule has 0 aromatic carbocycles. The van der Waals surface area contributed by atoms with Crippen molar-refractivity contribution in [3.63, 3.8) is 0 Å². The van der Waals surface area contributed by atoms with Gasteiger partial charge in [0.25, 0.3) is 0 Å². The van der Waals surface area contributed by atoms with Gasteiger partial charge in [0.05, 0.1) is 6.54 Å². The van der Waals surface area contributed by atoms with Crippen molar-refractivity contribution in [2.45, 2.75) is 87.3 Å². The Morgan fingerprint density at radius 1 is 1.39 bits per heavy atom. The smallest absolute Gasteiger partial charge is 0.407 e. The van der Waals surface area contributed by atoms with Crippen LogP contribution in [0.25, 0.3) is 0 Å². The molecule has 0 aliphatic carbocycles. The molecule has 1 rings (SSSR count). The number of alkyl carbamates (subject to hydrolysis) is 1. The summed E-state index contributed by atoms with van der Waals surface area (Å²) in [6.45, 7) is 23.8. The van der Waals surface area contributed by atoms with E-state index in [9.17, 15) is 4.79 Å². The Labute approximate surface area is 173 Å². The molecule has 1 aromatic heterocycles. The summed E-state index contributed by atoms with van der Waals surface area (Å²) < 4.78 is 5.23. The van der Waals surface area contributed by atoms with E-state index in [0.717, 1.165) is 22.7 Å². The molecular weight excluding hydrogens is 352 g/mol. The molecule has 1 amide bonds. The van der Waals surface area contributed by atoms with Crippen molar-refractivity contribution >= 4 is 17.6 Å². The van der Waals surface area contributed by atoms with Crippen molar-refractivity contribution in [1.29, 1.82) is 0 Å². The van der Waals surface area contributed by atoms with Crippen LogP contribution in [-0.4, -0.2) is 35.0 Å². The van der Waals surface area contributed by atoms with Gasteiger partial charge in [0.2, 0.25) is 0 Å². The number of aliphatic imine (C=N–C) groups is 1. The number of aromatic amines is 1. The van der Waals surface area contributed by atoms with Gasteiger partial charge < -0.3 is 20.4 Å². The molecule has 0 aliphatic rings. The maximum Gasteiger partial charge on any atom is 0.407 e. The van der Waals surface area contributed by atoms with Crippen LogP contribution < -0.4 is 10.6 Å². The van der Waals surface area contributed by atoms with Crippen LogP contribution in [0.1, 0.15) is 81.3 Å². The maximum atomic E-state index is 11.7. The summed E-state index contributed by atoms with van der Waals surface area (Å²) in [7, 11) is 0. The third-order valence-electron chi connectivity index (χ3n) is 3.05. The van der Waals surface area contributed by atoms with E-state index in [1.54, 1.807) is 6.20 Å². The molecule has 3 N–H and O–H groups in total. The summed E-state index contributed by atoms with van der Waals surface area (Å²) >= 11 is 0. The molecule has 0 fully saturated rings.